The van der Waals surface area contributed by atoms with Gasteiger partial charge in [-0.1, -0.05) is 54.6 Å². The van der Waals surface area contributed by atoms with Crippen LogP contribution in [0.4, 0.5) is 5.69 Å². The van der Waals surface area contributed by atoms with E-state index < -0.39 is 6.04 Å². The number of ether oxygens (including phenoxy) is 1. The molecule has 0 saturated heterocycles. The van der Waals surface area contributed by atoms with Crippen molar-refractivity contribution in [2.75, 3.05) is 12.4 Å². The number of hydrogen-bond donors (Lipinski definition) is 2. The molecule has 0 bridgehead atoms. The number of carbonyl (C=O) groups is 1. The molecule has 0 aliphatic carbocycles. The van der Waals surface area contributed by atoms with Crippen molar-refractivity contribution in [3.05, 3.63) is 95.1 Å². The van der Waals surface area contributed by atoms with Gasteiger partial charge in [0.1, 0.15) is 11.8 Å². The average molecular weight is 374 g/mol. The van der Waals surface area contributed by atoms with E-state index in [1.165, 1.54) is 0 Å². The highest BCUT2D eigenvalue weighted by molar-refractivity contribution is 5.96. The van der Waals surface area contributed by atoms with Crippen molar-refractivity contribution >= 4 is 11.6 Å². The lowest BCUT2D eigenvalue weighted by molar-refractivity contribution is -0.118. The monoisotopic (exact) mass is 374 g/mol. The summed E-state index contributed by atoms with van der Waals surface area (Å²) in [6.45, 7) is 4.57. The lowest BCUT2D eigenvalue weighted by Gasteiger charge is -2.20. The van der Waals surface area contributed by atoms with Crippen LogP contribution in [0.5, 0.6) is 5.75 Å². The summed E-state index contributed by atoms with van der Waals surface area (Å²) in [4.78, 5) is 13.1. The summed E-state index contributed by atoms with van der Waals surface area (Å²) in [6.07, 6.45) is 0. The minimum absolute atomic E-state index is 0.0807. The Balaban J connectivity index is 1.80. The molecule has 3 aromatic rings. The predicted octanol–water partition coefficient (Wildman–Crippen LogP) is 4.78. The number of anilines is 1. The first-order chi connectivity index (χ1) is 13.6. The Morgan fingerprint density at radius 2 is 1.75 bits per heavy atom. The summed E-state index contributed by atoms with van der Waals surface area (Å²) < 4.78 is 5.29. The van der Waals surface area contributed by atoms with Crippen molar-refractivity contribution < 1.29 is 9.53 Å². The van der Waals surface area contributed by atoms with Crippen LogP contribution in [-0.2, 0) is 11.3 Å². The number of benzene rings is 3. The third-order valence-electron chi connectivity index (χ3n) is 4.69. The van der Waals surface area contributed by atoms with Gasteiger partial charge in [-0.25, -0.2) is 0 Å². The van der Waals surface area contributed by atoms with Gasteiger partial charge in [0.05, 0.1) is 7.11 Å². The van der Waals surface area contributed by atoms with Gasteiger partial charge in [-0.3, -0.25) is 10.1 Å². The second kappa shape index (κ2) is 9.20. The van der Waals surface area contributed by atoms with Crippen LogP contribution in [0.2, 0.25) is 0 Å². The zero-order valence-electron chi connectivity index (χ0n) is 16.5. The summed E-state index contributed by atoms with van der Waals surface area (Å²) in [5.74, 6) is 0.721. The third kappa shape index (κ3) is 4.99. The van der Waals surface area contributed by atoms with Crippen LogP contribution in [-0.4, -0.2) is 13.0 Å². The minimum atomic E-state index is -0.465. The number of aryl methyl sites for hydroxylation is 2. The number of carbonyl (C=O) groups excluding carboxylic acids is 1. The molecular formula is C24H26N2O2. The van der Waals surface area contributed by atoms with Crippen LogP contribution < -0.4 is 15.4 Å². The first-order valence-corrected chi connectivity index (χ1v) is 9.36. The maximum absolute atomic E-state index is 13.1. The molecule has 3 aromatic carbocycles. The average Bonchev–Trinajstić information content (AvgIpc) is 2.72. The van der Waals surface area contributed by atoms with Crippen molar-refractivity contribution in [2.45, 2.75) is 26.4 Å². The molecule has 1 unspecified atom stereocenters. The summed E-state index contributed by atoms with van der Waals surface area (Å²) >= 11 is 0. The first-order valence-electron chi connectivity index (χ1n) is 9.36. The summed E-state index contributed by atoms with van der Waals surface area (Å²) in [5.41, 5.74) is 4.97. The molecule has 4 heteroatoms. The fourth-order valence-electron chi connectivity index (χ4n) is 3.09. The standard InChI is InChI=1S/C24H26N2O2/c1-17-12-13-18(2)22(14-17)26-24(27)23(20-9-5-4-6-10-20)25-16-19-8-7-11-21(15-19)28-3/h4-15,23,25H,16H2,1-3H3,(H,26,27). The van der Waals surface area contributed by atoms with Crippen LogP contribution in [0.25, 0.3) is 0 Å². The summed E-state index contributed by atoms with van der Waals surface area (Å²) in [5, 5.41) is 6.47. The number of nitrogens with one attached hydrogen (secondary N) is 2. The Kier molecular flexibility index (Phi) is 6.45. The van der Waals surface area contributed by atoms with E-state index in [1.807, 2.05) is 86.6 Å². The second-order valence-corrected chi connectivity index (χ2v) is 6.88. The molecule has 2 N–H and O–H groups in total. The van der Waals surface area contributed by atoms with Crippen molar-refractivity contribution in [3.63, 3.8) is 0 Å². The van der Waals surface area contributed by atoms with Gasteiger partial charge in [0.25, 0.3) is 0 Å². The van der Waals surface area contributed by atoms with E-state index in [4.69, 9.17) is 4.74 Å². The number of methoxy groups -OCH3 is 1. The van der Waals surface area contributed by atoms with E-state index >= 15 is 0 Å². The van der Waals surface area contributed by atoms with E-state index in [-0.39, 0.29) is 5.91 Å². The zero-order valence-corrected chi connectivity index (χ0v) is 16.5. The van der Waals surface area contributed by atoms with Gasteiger partial charge in [-0.05, 0) is 54.3 Å². The van der Waals surface area contributed by atoms with Gasteiger partial charge in [-0.15, -0.1) is 0 Å². The number of hydrogen-bond acceptors (Lipinski definition) is 3. The second-order valence-electron chi connectivity index (χ2n) is 6.88. The lowest BCUT2D eigenvalue weighted by atomic mass is 10.0. The van der Waals surface area contributed by atoms with E-state index in [0.717, 1.165) is 33.7 Å². The highest BCUT2D eigenvalue weighted by Gasteiger charge is 2.20. The molecule has 0 aromatic heterocycles. The van der Waals surface area contributed by atoms with E-state index in [0.29, 0.717) is 6.54 Å². The van der Waals surface area contributed by atoms with Crippen LogP contribution in [0, 0.1) is 13.8 Å². The highest BCUT2D eigenvalue weighted by Crippen LogP contribution is 2.21. The lowest BCUT2D eigenvalue weighted by Crippen LogP contribution is -2.33. The Morgan fingerprint density at radius 3 is 2.50 bits per heavy atom. The van der Waals surface area contributed by atoms with E-state index in [1.54, 1.807) is 7.11 Å². The van der Waals surface area contributed by atoms with Crippen LogP contribution in [0.3, 0.4) is 0 Å². The quantitative estimate of drug-likeness (QED) is 0.626. The van der Waals surface area contributed by atoms with Gasteiger partial charge < -0.3 is 10.1 Å². The van der Waals surface area contributed by atoms with Crippen molar-refractivity contribution in [3.8, 4) is 5.75 Å². The topological polar surface area (TPSA) is 50.4 Å². The van der Waals surface area contributed by atoms with E-state index in [2.05, 4.69) is 10.6 Å². The molecule has 1 amide bonds. The molecule has 0 fully saturated rings. The molecule has 3 rings (SSSR count). The number of amides is 1. The third-order valence-corrected chi connectivity index (χ3v) is 4.69. The first kappa shape index (κ1) is 19.6. The Labute approximate surface area is 166 Å². The van der Waals surface area contributed by atoms with Gasteiger partial charge in [0.2, 0.25) is 5.91 Å². The van der Waals surface area contributed by atoms with Gasteiger partial charge >= 0.3 is 0 Å². The van der Waals surface area contributed by atoms with Crippen molar-refractivity contribution in [1.29, 1.82) is 0 Å². The number of rotatable bonds is 7. The molecule has 1 atom stereocenters. The molecule has 0 radical (unpaired) electrons. The molecule has 144 valence electrons. The molecule has 0 heterocycles. The van der Waals surface area contributed by atoms with Gasteiger partial charge in [-0.2, -0.15) is 0 Å². The summed E-state index contributed by atoms with van der Waals surface area (Å²) in [6, 6.07) is 23.2. The molecule has 0 saturated carbocycles. The molecular weight excluding hydrogens is 348 g/mol. The minimum Gasteiger partial charge on any atom is -0.497 e. The van der Waals surface area contributed by atoms with Crippen molar-refractivity contribution in [2.24, 2.45) is 0 Å². The molecule has 0 spiro atoms. The van der Waals surface area contributed by atoms with Crippen molar-refractivity contribution in [1.82, 2.24) is 5.32 Å². The smallest absolute Gasteiger partial charge is 0.246 e. The van der Waals surface area contributed by atoms with E-state index in [9.17, 15) is 4.79 Å². The zero-order chi connectivity index (χ0) is 19.9. The Morgan fingerprint density at radius 1 is 0.964 bits per heavy atom. The largest absolute Gasteiger partial charge is 0.497 e. The maximum atomic E-state index is 13.1. The van der Waals surface area contributed by atoms with Crippen LogP contribution in [0.1, 0.15) is 28.3 Å². The SMILES string of the molecule is COc1cccc(CNC(C(=O)Nc2cc(C)ccc2C)c2ccccc2)c1. The fourth-order valence-corrected chi connectivity index (χ4v) is 3.09. The molecule has 0 aliphatic rings. The molecule has 4 nitrogen and oxygen atoms in total. The Hall–Kier alpha value is -3.11. The fraction of sp³-hybridized carbons (Fsp3) is 0.208. The van der Waals surface area contributed by atoms with Gasteiger partial charge in [0.15, 0.2) is 0 Å². The van der Waals surface area contributed by atoms with Crippen LogP contribution in [0.15, 0.2) is 72.8 Å². The molecule has 28 heavy (non-hydrogen) atoms. The summed E-state index contributed by atoms with van der Waals surface area (Å²) in [7, 11) is 1.65. The predicted molar refractivity (Wildman–Crippen MR) is 114 cm³/mol. The Bertz CT molecular complexity index is 938. The van der Waals surface area contributed by atoms with Gasteiger partial charge in [0, 0.05) is 12.2 Å². The normalized spacial score (nSPS) is 11.7. The highest BCUT2D eigenvalue weighted by atomic mass is 16.5. The maximum Gasteiger partial charge on any atom is 0.246 e. The molecule has 0 aliphatic heterocycles. The van der Waals surface area contributed by atoms with Crippen LogP contribution >= 0.6 is 0 Å².